The molecule has 102 valence electrons. The molecule has 1 aromatic heterocycles. The van der Waals surface area contributed by atoms with Gasteiger partial charge in [0.2, 0.25) is 0 Å². The van der Waals surface area contributed by atoms with Crippen LogP contribution in [0.5, 0.6) is 0 Å². The molecule has 1 fully saturated rings. The van der Waals surface area contributed by atoms with Gasteiger partial charge in [-0.3, -0.25) is 9.59 Å². The maximum atomic E-state index is 12.2. The van der Waals surface area contributed by atoms with Crippen molar-refractivity contribution in [2.75, 3.05) is 32.7 Å². The summed E-state index contributed by atoms with van der Waals surface area (Å²) in [4.78, 5) is 27.5. The van der Waals surface area contributed by atoms with Gasteiger partial charge in [0.1, 0.15) is 6.33 Å². The highest BCUT2D eigenvalue weighted by Crippen LogP contribution is 2.10. The van der Waals surface area contributed by atoms with Crippen molar-refractivity contribution in [2.24, 2.45) is 0 Å². The minimum absolute atomic E-state index is 0.358. The van der Waals surface area contributed by atoms with Gasteiger partial charge in [0.15, 0.2) is 5.82 Å². The van der Waals surface area contributed by atoms with Crippen LogP contribution in [0.3, 0.4) is 0 Å². The second-order valence-electron chi connectivity index (χ2n) is 4.71. The summed E-state index contributed by atoms with van der Waals surface area (Å²) < 4.78 is 1.90. The predicted molar refractivity (Wildman–Crippen MR) is 64.9 cm³/mol. The van der Waals surface area contributed by atoms with E-state index in [1.54, 1.807) is 16.1 Å². The number of nitrogens with one attached hydrogen (secondary N) is 1. The quantitative estimate of drug-likeness (QED) is 0.551. The normalized spacial score (nSPS) is 19.2. The third-order valence-corrected chi connectivity index (χ3v) is 3.51. The Balaban J connectivity index is 1.66. The average Bonchev–Trinajstić information content (AvgIpc) is 2.94. The van der Waals surface area contributed by atoms with Crippen molar-refractivity contribution in [1.82, 2.24) is 29.9 Å². The van der Waals surface area contributed by atoms with Gasteiger partial charge in [-0.1, -0.05) is 0 Å². The Morgan fingerprint density at radius 3 is 2.58 bits per heavy atom. The molecule has 8 nitrogen and oxygen atoms in total. The van der Waals surface area contributed by atoms with E-state index >= 15 is 0 Å². The maximum absolute atomic E-state index is 12.2. The van der Waals surface area contributed by atoms with Gasteiger partial charge in [0.25, 0.3) is 0 Å². The van der Waals surface area contributed by atoms with E-state index in [1.807, 2.05) is 4.57 Å². The van der Waals surface area contributed by atoms with Gasteiger partial charge in [-0.05, 0) is 0 Å². The molecule has 0 aliphatic carbocycles. The maximum Gasteiger partial charge on any atom is 0.312 e. The van der Waals surface area contributed by atoms with Crippen LogP contribution in [0.15, 0.2) is 6.33 Å². The molecule has 1 N–H and O–H groups in total. The third-order valence-electron chi connectivity index (χ3n) is 3.51. The number of carbonyl (C=O) groups excluding carboxylic acids is 2. The SMILES string of the molecule is O=C(C(=O)N1CCn2cnnc2C1)N1CCNCC1. The molecular weight excluding hydrogens is 248 g/mol. The largest absolute Gasteiger partial charge is 0.332 e. The molecule has 8 heteroatoms. The fourth-order valence-corrected chi connectivity index (χ4v) is 2.38. The average molecular weight is 264 g/mol. The lowest BCUT2D eigenvalue weighted by Crippen LogP contribution is -2.53. The minimum atomic E-state index is -0.434. The first-order chi connectivity index (χ1) is 9.25. The molecule has 0 atom stereocenters. The summed E-state index contributed by atoms with van der Waals surface area (Å²) in [7, 11) is 0. The van der Waals surface area contributed by atoms with Crippen molar-refractivity contribution >= 4 is 11.8 Å². The minimum Gasteiger partial charge on any atom is -0.332 e. The van der Waals surface area contributed by atoms with Gasteiger partial charge in [-0.2, -0.15) is 0 Å². The predicted octanol–water partition coefficient (Wildman–Crippen LogP) is -1.95. The molecular formula is C11H16N6O2. The summed E-state index contributed by atoms with van der Waals surface area (Å²) in [5, 5.41) is 10.9. The Hall–Kier alpha value is -1.96. The Labute approximate surface area is 110 Å². The van der Waals surface area contributed by atoms with Gasteiger partial charge in [-0.25, -0.2) is 0 Å². The summed E-state index contributed by atoms with van der Waals surface area (Å²) in [6, 6.07) is 0. The van der Waals surface area contributed by atoms with Crippen molar-refractivity contribution in [3.63, 3.8) is 0 Å². The summed E-state index contributed by atoms with van der Waals surface area (Å²) in [6.07, 6.45) is 1.65. The molecule has 1 aromatic rings. The number of rotatable bonds is 0. The molecule has 0 bridgehead atoms. The van der Waals surface area contributed by atoms with Gasteiger partial charge in [0, 0.05) is 39.3 Å². The summed E-state index contributed by atoms with van der Waals surface area (Å²) >= 11 is 0. The summed E-state index contributed by atoms with van der Waals surface area (Å²) in [6.45, 7) is 4.20. The fourth-order valence-electron chi connectivity index (χ4n) is 2.38. The van der Waals surface area contributed by atoms with Crippen molar-refractivity contribution < 1.29 is 9.59 Å². The molecule has 3 rings (SSSR count). The molecule has 0 unspecified atom stereocenters. The number of hydrogen-bond acceptors (Lipinski definition) is 5. The molecule has 0 spiro atoms. The van der Waals surface area contributed by atoms with E-state index in [0.29, 0.717) is 32.7 Å². The molecule has 0 saturated carbocycles. The van der Waals surface area contributed by atoms with E-state index in [4.69, 9.17) is 0 Å². The fraction of sp³-hybridized carbons (Fsp3) is 0.636. The Bertz CT molecular complexity index is 493. The second kappa shape index (κ2) is 4.96. The Kier molecular flexibility index (Phi) is 3.16. The van der Waals surface area contributed by atoms with E-state index in [-0.39, 0.29) is 0 Å². The highest BCUT2D eigenvalue weighted by atomic mass is 16.2. The van der Waals surface area contributed by atoms with Crippen LogP contribution in [-0.4, -0.2) is 69.1 Å². The van der Waals surface area contributed by atoms with Gasteiger partial charge < -0.3 is 19.7 Å². The van der Waals surface area contributed by atoms with E-state index in [0.717, 1.165) is 18.9 Å². The molecule has 19 heavy (non-hydrogen) atoms. The highest BCUT2D eigenvalue weighted by Gasteiger charge is 2.30. The first-order valence-electron chi connectivity index (χ1n) is 6.41. The number of nitrogens with zero attached hydrogens (tertiary/aromatic N) is 5. The second-order valence-corrected chi connectivity index (χ2v) is 4.71. The number of hydrogen-bond donors (Lipinski definition) is 1. The molecule has 3 heterocycles. The zero-order valence-corrected chi connectivity index (χ0v) is 10.6. The van der Waals surface area contributed by atoms with Crippen LogP contribution in [0.2, 0.25) is 0 Å². The number of fused-ring (bicyclic) bond motifs is 1. The number of amides is 2. The molecule has 0 radical (unpaired) electrons. The monoisotopic (exact) mass is 264 g/mol. The van der Waals surface area contributed by atoms with Crippen molar-refractivity contribution in [3.8, 4) is 0 Å². The first kappa shape index (κ1) is 12.1. The van der Waals surface area contributed by atoms with E-state index < -0.39 is 11.8 Å². The lowest BCUT2D eigenvalue weighted by atomic mass is 10.3. The molecule has 2 amide bonds. The highest BCUT2D eigenvalue weighted by molar-refractivity contribution is 6.34. The zero-order chi connectivity index (χ0) is 13.2. The standard InChI is InChI=1S/C11H16N6O2/c18-10(15-3-1-12-2-4-15)11(19)16-5-6-17-8-13-14-9(17)7-16/h8,12H,1-7H2. The zero-order valence-electron chi connectivity index (χ0n) is 10.6. The van der Waals surface area contributed by atoms with Crippen molar-refractivity contribution in [3.05, 3.63) is 12.2 Å². The van der Waals surface area contributed by atoms with Crippen molar-refractivity contribution in [2.45, 2.75) is 13.1 Å². The van der Waals surface area contributed by atoms with Gasteiger partial charge in [0.05, 0.1) is 6.54 Å². The number of aromatic nitrogens is 3. The van der Waals surface area contributed by atoms with E-state index in [1.165, 1.54) is 0 Å². The Morgan fingerprint density at radius 2 is 1.79 bits per heavy atom. The summed E-state index contributed by atoms with van der Waals surface area (Å²) in [5.74, 6) is -0.113. The topological polar surface area (TPSA) is 83.4 Å². The Morgan fingerprint density at radius 1 is 1.05 bits per heavy atom. The lowest BCUT2D eigenvalue weighted by Gasteiger charge is -2.31. The number of piperazine rings is 1. The van der Waals surface area contributed by atoms with Gasteiger partial charge in [-0.15, -0.1) is 10.2 Å². The van der Waals surface area contributed by atoms with Crippen LogP contribution < -0.4 is 5.32 Å². The van der Waals surface area contributed by atoms with Crippen LogP contribution in [0.4, 0.5) is 0 Å². The molecule has 0 aromatic carbocycles. The molecule has 2 aliphatic rings. The van der Waals surface area contributed by atoms with Crippen LogP contribution in [0.1, 0.15) is 5.82 Å². The smallest absolute Gasteiger partial charge is 0.312 e. The number of carbonyl (C=O) groups is 2. The van der Waals surface area contributed by atoms with Crippen LogP contribution in [-0.2, 0) is 22.7 Å². The third kappa shape index (κ3) is 2.30. The van der Waals surface area contributed by atoms with Crippen LogP contribution >= 0.6 is 0 Å². The first-order valence-corrected chi connectivity index (χ1v) is 6.41. The van der Waals surface area contributed by atoms with E-state index in [2.05, 4.69) is 15.5 Å². The van der Waals surface area contributed by atoms with Gasteiger partial charge >= 0.3 is 11.8 Å². The lowest BCUT2D eigenvalue weighted by molar-refractivity contribution is -0.153. The van der Waals surface area contributed by atoms with E-state index in [9.17, 15) is 9.59 Å². The van der Waals surface area contributed by atoms with Crippen molar-refractivity contribution in [1.29, 1.82) is 0 Å². The van der Waals surface area contributed by atoms with Crippen LogP contribution in [0, 0.1) is 0 Å². The molecule has 1 saturated heterocycles. The van der Waals surface area contributed by atoms with Crippen LogP contribution in [0.25, 0.3) is 0 Å². The molecule has 2 aliphatic heterocycles. The summed E-state index contributed by atoms with van der Waals surface area (Å²) in [5.41, 5.74) is 0.